The van der Waals surface area contributed by atoms with Crippen molar-refractivity contribution in [1.82, 2.24) is 0 Å². The molecule has 0 amide bonds. The molecule has 1 atom stereocenters. The van der Waals surface area contributed by atoms with Crippen LogP contribution < -0.4 is 0 Å². The molecular weight excluding hydrogens is 131 g/mol. The SMILES string of the molecule is C[CH]C(C)(Cl)CCl. The van der Waals surface area contributed by atoms with E-state index in [1.165, 1.54) is 0 Å². The molecule has 0 aromatic carbocycles. The summed E-state index contributed by atoms with van der Waals surface area (Å²) in [7, 11) is 0. The Hall–Kier alpha value is 0.580. The van der Waals surface area contributed by atoms with Gasteiger partial charge in [0.25, 0.3) is 0 Å². The Labute approximate surface area is 54.8 Å². The zero-order chi connectivity index (χ0) is 5.91. The third-order valence-electron chi connectivity index (χ3n) is 0.863. The molecule has 0 saturated heterocycles. The van der Waals surface area contributed by atoms with Crippen molar-refractivity contribution >= 4 is 23.2 Å². The van der Waals surface area contributed by atoms with E-state index in [0.717, 1.165) is 0 Å². The normalized spacial score (nSPS) is 18.9. The molecule has 7 heavy (non-hydrogen) atoms. The number of alkyl halides is 2. The van der Waals surface area contributed by atoms with Crippen LogP contribution >= 0.6 is 23.2 Å². The van der Waals surface area contributed by atoms with Crippen LogP contribution in [0, 0.1) is 6.42 Å². The first kappa shape index (κ1) is 7.58. The quantitative estimate of drug-likeness (QED) is 0.516. The van der Waals surface area contributed by atoms with Gasteiger partial charge in [-0.2, -0.15) is 0 Å². The topological polar surface area (TPSA) is 0 Å². The maximum Gasteiger partial charge on any atom is 0.0582 e. The number of hydrogen-bond donors (Lipinski definition) is 0. The van der Waals surface area contributed by atoms with Crippen molar-refractivity contribution in [1.29, 1.82) is 0 Å². The highest BCUT2D eigenvalue weighted by atomic mass is 35.5. The standard InChI is InChI=1S/C5H9Cl2/c1-3-5(2,7)4-6/h3H,4H2,1-2H3. The highest BCUT2D eigenvalue weighted by Gasteiger charge is 2.15. The second kappa shape index (κ2) is 2.78. The molecule has 2 heteroatoms. The fourth-order valence-electron chi connectivity index (χ4n) is 0.0772. The lowest BCUT2D eigenvalue weighted by atomic mass is 10.1. The van der Waals surface area contributed by atoms with E-state index in [4.69, 9.17) is 23.2 Å². The third kappa shape index (κ3) is 3.19. The van der Waals surface area contributed by atoms with Gasteiger partial charge in [-0.3, -0.25) is 0 Å². The number of rotatable bonds is 2. The van der Waals surface area contributed by atoms with E-state index in [1.807, 2.05) is 20.3 Å². The molecule has 0 N–H and O–H groups in total. The maximum atomic E-state index is 5.72. The molecule has 0 aromatic heterocycles. The summed E-state index contributed by atoms with van der Waals surface area (Å²) in [6.45, 7) is 3.77. The van der Waals surface area contributed by atoms with Gasteiger partial charge in [-0.15, -0.1) is 23.2 Å². The number of halogens is 2. The summed E-state index contributed by atoms with van der Waals surface area (Å²) in [5.41, 5.74) is 0. The summed E-state index contributed by atoms with van der Waals surface area (Å²) in [5, 5.41) is 0. The van der Waals surface area contributed by atoms with Crippen LogP contribution in [-0.4, -0.2) is 10.8 Å². The molecule has 43 valence electrons. The molecule has 0 heterocycles. The van der Waals surface area contributed by atoms with Crippen LogP contribution in [0.2, 0.25) is 0 Å². The van der Waals surface area contributed by atoms with Crippen LogP contribution in [0.1, 0.15) is 13.8 Å². The largest absolute Gasteiger partial charge is 0.125 e. The van der Waals surface area contributed by atoms with Crippen molar-refractivity contribution in [2.75, 3.05) is 5.88 Å². The maximum absolute atomic E-state index is 5.72. The van der Waals surface area contributed by atoms with Gasteiger partial charge in [-0.25, -0.2) is 0 Å². The summed E-state index contributed by atoms with van der Waals surface area (Å²) < 4.78 is 0. The first-order valence-electron chi connectivity index (χ1n) is 2.18. The van der Waals surface area contributed by atoms with Crippen LogP contribution in [0.25, 0.3) is 0 Å². The Morgan fingerprint density at radius 1 is 1.71 bits per heavy atom. The second-order valence-electron chi connectivity index (χ2n) is 1.70. The molecule has 0 aliphatic rings. The Balaban J connectivity index is 3.36. The highest BCUT2D eigenvalue weighted by Crippen LogP contribution is 2.18. The molecule has 0 rings (SSSR count). The van der Waals surface area contributed by atoms with Crippen LogP contribution in [0.5, 0.6) is 0 Å². The fourth-order valence-corrected chi connectivity index (χ4v) is 0.231. The zero-order valence-electron chi connectivity index (χ0n) is 4.54. The molecule has 0 aliphatic heterocycles. The van der Waals surface area contributed by atoms with Gasteiger partial charge >= 0.3 is 0 Å². The fraction of sp³-hybridized carbons (Fsp3) is 0.800. The molecule has 0 spiro atoms. The monoisotopic (exact) mass is 139 g/mol. The lowest BCUT2D eigenvalue weighted by Crippen LogP contribution is -2.16. The van der Waals surface area contributed by atoms with Crippen molar-refractivity contribution in [3.05, 3.63) is 6.42 Å². The van der Waals surface area contributed by atoms with E-state index >= 15 is 0 Å². The molecule has 0 bridgehead atoms. The molecule has 0 aromatic rings. The van der Waals surface area contributed by atoms with Crippen molar-refractivity contribution in [2.24, 2.45) is 0 Å². The Bertz CT molecular complexity index is 44.0. The van der Waals surface area contributed by atoms with Crippen LogP contribution in [0.4, 0.5) is 0 Å². The summed E-state index contributed by atoms with van der Waals surface area (Å²) >= 11 is 11.1. The minimum absolute atomic E-state index is 0.304. The lowest BCUT2D eigenvalue weighted by molar-refractivity contribution is 0.819. The summed E-state index contributed by atoms with van der Waals surface area (Å²) in [5.74, 6) is 0.477. The van der Waals surface area contributed by atoms with Gasteiger partial charge in [0.05, 0.1) is 4.87 Å². The van der Waals surface area contributed by atoms with Crippen molar-refractivity contribution in [3.8, 4) is 0 Å². The average molecular weight is 140 g/mol. The van der Waals surface area contributed by atoms with E-state index in [9.17, 15) is 0 Å². The summed E-state index contributed by atoms with van der Waals surface area (Å²) in [6, 6.07) is 0. The molecule has 0 nitrogen and oxygen atoms in total. The van der Waals surface area contributed by atoms with Gasteiger partial charge < -0.3 is 0 Å². The van der Waals surface area contributed by atoms with E-state index in [2.05, 4.69) is 0 Å². The van der Waals surface area contributed by atoms with Gasteiger partial charge in [0.15, 0.2) is 0 Å². The minimum Gasteiger partial charge on any atom is -0.125 e. The summed E-state index contributed by atoms with van der Waals surface area (Å²) in [4.78, 5) is -0.304. The van der Waals surface area contributed by atoms with Crippen molar-refractivity contribution in [2.45, 2.75) is 18.7 Å². The van der Waals surface area contributed by atoms with Gasteiger partial charge in [0.1, 0.15) is 0 Å². The predicted octanol–water partition coefficient (Wildman–Crippen LogP) is 2.45. The molecule has 0 saturated carbocycles. The third-order valence-corrected chi connectivity index (χ3v) is 1.91. The van der Waals surface area contributed by atoms with Crippen molar-refractivity contribution in [3.63, 3.8) is 0 Å². The smallest absolute Gasteiger partial charge is 0.0582 e. The zero-order valence-corrected chi connectivity index (χ0v) is 6.05. The van der Waals surface area contributed by atoms with E-state index in [-0.39, 0.29) is 4.87 Å². The first-order valence-corrected chi connectivity index (χ1v) is 3.09. The van der Waals surface area contributed by atoms with Gasteiger partial charge in [0.2, 0.25) is 0 Å². The molecule has 0 fully saturated rings. The Kier molecular flexibility index (Phi) is 3.01. The van der Waals surface area contributed by atoms with E-state index < -0.39 is 0 Å². The molecule has 0 aliphatic carbocycles. The second-order valence-corrected chi connectivity index (χ2v) is 2.83. The Morgan fingerprint density at radius 2 is 2.14 bits per heavy atom. The molecule has 1 unspecified atom stereocenters. The lowest BCUT2D eigenvalue weighted by Gasteiger charge is -2.13. The van der Waals surface area contributed by atoms with Crippen LogP contribution in [0.3, 0.4) is 0 Å². The Morgan fingerprint density at radius 3 is 2.14 bits per heavy atom. The van der Waals surface area contributed by atoms with E-state index in [1.54, 1.807) is 0 Å². The van der Waals surface area contributed by atoms with Crippen molar-refractivity contribution < 1.29 is 0 Å². The average Bonchev–Trinajstić information content (AvgIpc) is 1.68. The van der Waals surface area contributed by atoms with Gasteiger partial charge in [-0.05, 0) is 13.3 Å². The van der Waals surface area contributed by atoms with Crippen LogP contribution in [-0.2, 0) is 0 Å². The molecule has 1 radical (unpaired) electrons. The van der Waals surface area contributed by atoms with Gasteiger partial charge in [-0.1, -0.05) is 6.92 Å². The predicted molar refractivity (Wildman–Crippen MR) is 35.0 cm³/mol. The highest BCUT2D eigenvalue weighted by molar-refractivity contribution is 6.31. The van der Waals surface area contributed by atoms with Gasteiger partial charge in [0, 0.05) is 5.88 Å². The first-order chi connectivity index (χ1) is 3.12. The molecular formula is C5H9Cl2. The van der Waals surface area contributed by atoms with Crippen LogP contribution in [0.15, 0.2) is 0 Å². The van der Waals surface area contributed by atoms with E-state index in [0.29, 0.717) is 5.88 Å². The summed E-state index contributed by atoms with van der Waals surface area (Å²) in [6.07, 6.45) is 1.88. The number of hydrogen-bond acceptors (Lipinski definition) is 0. The minimum atomic E-state index is -0.304.